The van der Waals surface area contributed by atoms with E-state index in [9.17, 15) is 4.79 Å². The van der Waals surface area contributed by atoms with Gasteiger partial charge in [0.25, 0.3) is 0 Å². The van der Waals surface area contributed by atoms with Gasteiger partial charge >= 0.3 is 65.2 Å². The maximum Gasteiger partial charge on any atom is 1.00 e. The summed E-state index contributed by atoms with van der Waals surface area (Å²) in [5, 5.41) is 0. The van der Waals surface area contributed by atoms with Crippen molar-refractivity contribution in [2.45, 2.75) is 0 Å². The molecule has 64 valence electrons. The largest absolute Gasteiger partial charge is 1.00 e. The number of nitrogens with two attached hydrogens (primary N) is 2. The minimum absolute atomic E-state index is 0. The van der Waals surface area contributed by atoms with Gasteiger partial charge < -0.3 is 21.8 Å². The summed E-state index contributed by atoms with van der Waals surface area (Å²) in [4.78, 5) is 30.9. The molecule has 0 aliphatic carbocycles. The molecule has 2 amide bonds. The second kappa shape index (κ2) is 9.07. The Bertz CT molecular complexity index is 141. The molecule has 0 unspecified atom stereocenters. The summed E-state index contributed by atoms with van der Waals surface area (Å²) in [6.07, 6.45) is 0. The molecule has 0 radical (unpaired) electrons. The standard InChI is InChI=1S/CH5N3O.K.H3O4P.H/c2-1(5)4-3;;1-5(2,3)4;/h3H2,(H3,2,4,5);;(H3,1,2,3,4);/q;+1;;-1. The monoisotopic (exact) mass is 213 g/mol. The van der Waals surface area contributed by atoms with E-state index in [0.29, 0.717) is 0 Å². The fourth-order valence-corrected chi connectivity index (χ4v) is 0. The molecule has 0 aliphatic rings. The van der Waals surface area contributed by atoms with Crippen LogP contribution in [0.3, 0.4) is 0 Å². The van der Waals surface area contributed by atoms with Crippen LogP contribution >= 0.6 is 7.82 Å². The summed E-state index contributed by atoms with van der Waals surface area (Å²) in [5.74, 6) is 4.45. The van der Waals surface area contributed by atoms with E-state index in [4.69, 9.17) is 19.2 Å². The molecular formula is CH9KN3O5P. The van der Waals surface area contributed by atoms with Crippen LogP contribution in [0.2, 0.25) is 0 Å². The van der Waals surface area contributed by atoms with Gasteiger partial charge in [-0.25, -0.2) is 15.2 Å². The van der Waals surface area contributed by atoms with Crippen LogP contribution in [0.5, 0.6) is 0 Å². The van der Waals surface area contributed by atoms with Crippen molar-refractivity contribution in [3.63, 3.8) is 0 Å². The quantitative estimate of drug-likeness (QED) is 0.0774. The number of hydrazine groups is 1. The van der Waals surface area contributed by atoms with Crippen LogP contribution in [0.1, 0.15) is 1.43 Å². The maximum absolute atomic E-state index is 9.35. The van der Waals surface area contributed by atoms with Crippen molar-refractivity contribution in [3.8, 4) is 0 Å². The van der Waals surface area contributed by atoms with Gasteiger partial charge in [-0.1, -0.05) is 0 Å². The summed E-state index contributed by atoms with van der Waals surface area (Å²) in [7, 11) is -4.64. The van der Waals surface area contributed by atoms with Gasteiger partial charge in [0, 0.05) is 0 Å². The Morgan fingerprint density at radius 2 is 1.55 bits per heavy atom. The van der Waals surface area contributed by atoms with Crippen LogP contribution in [-0.4, -0.2) is 20.7 Å². The molecule has 0 saturated carbocycles. The molecule has 0 aliphatic heterocycles. The second-order valence-corrected chi connectivity index (χ2v) is 2.05. The average Bonchev–Trinajstić information content (AvgIpc) is 1.61. The molecule has 0 aromatic rings. The van der Waals surface area contributed by atoms with E-state index in [2.05, 4.69) is 11.6 Å². The Morgan fingerprint density at radius 3 is 1.55 bits per heavy atom. The molecule has 0 spiro atoms. The van der Waals surface area contributed by atoms with E-state index < -0.39 is 13.9 Å². The minimum atomic E-state index is -4.64. The number of amides is 2. The molecule has 8 N–H and O–H groups in total. The maximum atomic E-state index is 9.35. The second-order valence-electron chi connectivity index (χ2n) is 1.02. The number of carbonyl (C=O) groups excluding carboxylic acids is 1. The molecule has 0 heterocycles. The van der Waals surface area contributed by atoms with Gasteiger partial charge in [0.1, 0.15) is 0 Å². The zero-order chi connectivity index (χ0) is 8.78. The van der Waals surface area contributed by atoms with Crippen molar-refractivity contribution >= 4 is 13.9 Å². The summed E-state index contributed by atoms with van der Waals surface area (Å²) in [6, 6.07) is -0.718. The van der Waals surface area contributed by atoms with E-state index in [1.807, 2.05) is 0 Å². The van der Waals surface area contributed by atoms with E-state index in [1.165, 1.54) is 0 Å². The van der Waals surface area contributed by atoms with Gasteiger partial charge in [0.05, 0.1) is 0 Å². The summed E-state index contributed by atoms with van der Waals surface area (Å²) < 4.78 is 8.88. The van der Waals surface area contributed by atoms with Crippen LogP contribution < -0.4 is 68.4 Å². The van der Waals surface area contributed by atoms with Gasteiger partial charge in [-0.15, -0.1) is 0 Å². The number of carbonyl (C=O) groups is 1. The van der Waals surface area contributed by atoms with Gasteiger partial charge in [0.15, 0.2) is 0 Å². The van der Waals surface area contributed by atoms with Crippen LogP contribution in [0.15, 0.2) is 0 Å². The predicted molar refractivity (Wildman–Crippen MR) is 32.3 cm³/mol. The van der Waals surface area contributed by atoms with Crippen molar-refractivity contribution in [3.05, 3.63) is 0 Å². The minimum Gasteiger partial charge on any atom is -1.00 e. The predicted octanol–water partition coefficient (Wildman–Crippen LogP) is -5.28. The number of primary amides is 1. The van der Waals surface area contributed by atoms with E-state index in [1.54, 1.807) is 5.43 Å². The van der Waals surface area contributed by atoms with Crippen LogP contribution in [0.4, 0.5) is 4.79 Å². The number of rotatable bonds is 0. The van der Waals surface area contributed by atoms with Crippen molar-refractivity contribution in [1.82, 2.24) is 5.43 Å². The molecule has 8 nitrogen and oxygen atoms in total. The van der Waals surface area contributed by atoms with Crippen LogP contribution in [-0.2, 0) is 4.57 Å². The Balaban J connectivity index is -0.0000000457. The Kier molecular flexibility index (Phi) is 14.8. The first-order chi connectivity index (χ1) is 4.27. The summed E-state index contributed by atoms with van der Waals surface area (Å²) >= 11 is 0. The molecular weight excluding hydrogens is 204 g/mol. The number of urea groups is 1. The molecule has 11 heavy (non-hydrogen) atoms. The zero-order valence-electron chi connectivity index (χ0n) is 6.76. The third-order valence-corrected chi connectivity index (χ3v) is 0.142. The third kappa shape index (κ3) is 99.8. The molecule has 0 aromatic heterocycles. The van der Waals surface area contributed by atoms with Crippen molar-refractivity contribution < 1.29 is 76.9 Å². The van der Waals surface area contributed by atoms with Crippen molar-refractivity contribution in [2.75, 3.05) is 0 Å². The third-order valence-electron chi connectivity index (χ3n) is 0.142. The van der Waals surface area contributed by atoms with Gasteiger partial charge in [-0.05, 0) is 0 Å². The van der Waals surface area contributed by atoms with E-state index in [0.717, 1.165) is 0 Å². The topological polar surface area (TPSA) is 159 Å². The van der Waals surface area contributed by atoms with Gasteiger partial charge in [-0.2, -0.15) is 0 Å². The Morgan fingerprint density at radius 1 is 1.45 bits per heavy atom. The molecule has 0 fully saturated rings. The fraction of sp³-hybridized carbons (Fsp3) is 0. The first-order valence-electron chi connectivity index (χ1n) is 1.81. The number of hydrogen-bond acceptors (Lipinski definition) is 3. The van der Waals surface area contributed by atoms with E-state index in [-0.39, 0.29) is 52.8 Å². The van der Waals surface area contributed by atoms with Gasteiger partial charge in [0.2, 0.25) is 0 Å². The summed E-state index contributed by atoms with van der Waals surface area (Å²) in [5.41, 5.74) is 6.08. The molecule has 0 saturated heterocycles. The number of phosphoric acid groups is 1. The molecule has 0 rings (SSSR count). The zero-order valence-corrected chi connectivity index (χ0v) is 9.78. The first-order valence-corrected chi connectivity index (χ1v) is 3.38. The van der Waals surface area contributed by atoms with Crippen LogP contribution in [0, 0.1) is 0 Å². The van der Waals surface area contributed by atoms with Crippen molar-refractivity contribution in [1.29, 1.82) is 0 Å². The first kappa shape index (κ1) is 17.9. The molecule has 0 bridgehead atoms. The molecule has 10 heteroatoms. The number of hydrogen-bond donors (Lipinski definition) is 6. The Labute approximate surface area is 106 Å². The average molecular weight is 213 g/mol. The normalized spacial score (nSPS) is 8.36. The molecule has 0 aromatic carbocycles. The molecule has 0 atom stereocenters. The Hall–Kier alpha value is 0.976. The van der Waals surface area contributed by atoms with E-state index >= 15 is 0 Å². The van der Waals surface area contributed by atoms with Crippen LogP contribution in [0.25, 0.3) is 0 Å². The van der Waals surface area contributed by atoms with Crippen molar-refractivity contribution in [2.24, 2.45) is 11.6 Å². The van der Waals surface area contributed by atoms with Gasteiger partial charge in [-0.3, -0.25) is 5.43 Å². The SMILES string of the molecule is NNC(N)=O.O=P(O)(O)O.[H-].[K+]. The summed E-state index contributed by atoms with van der Waals surface area (Å²) in [6.45, 7) is 0. The number of nitrogens with one attached hydrogen (secondary N) is 1. The fourth-order valence-electron chi connectivity index (χ4n) is 0. The smallest absolute Gasteiger partial charge is 1.00 e.